The SMILES string of the molecule is O=C(CCl)Nn1cccn1. The number of hydrogen-bond donors (Lipinski definition) is 1. The second kappa shape index (κ2) is 3.22. The molecule has 0 saturated carbocycles. The van der Waals surface area contributed by atoms with Crippen LogP contribution in [-0.2, 0) is 4.79 Å². The molecule has 1 amide bonds. The Labute approximate surface area is 62.8 Å². The minimum absolute atomic E-state index is 0.0557. The van der Waals surface area contributed by atoms with E-state index in [1.165, 1.54) is 4.79 Å². The van der Waals surface area contributed by atoms with Gasteiger partial charge in [-0.1, -0.05) is 0 Å². The van der Waals surface area contributed by atoms with Gasteiger partial charge in [-0.2, -0.15) is 9.89 Å². The largest absolute Gasteiger partial charge is 0.272 e. The van der Waals surface area contributed by atoms with Gasteiger partial charge in [0.15, 0.2) is 0 Å². The van der Waals surface area contributed by atoms with Gasteiger partial charge in [0.2, 0.25) is 0 Å². The van der Waals surface area contributed by atoms with Crippen molar-refractivity contribution < 1.29 is 4.79 Å². The highest BCUT2D eigenvalue weighted by molar-refractivity contribution is 6.28. The van der Waals surface area contributed by atoms with Crippen molar-refractivity contribution in [2.75, 3.05) is 11.3 Å². The summed E-state index contributed by atoms with van der Waals surface area (Å²) in [5.74, 6) is -0.329. The Morgan fingerprint density at radius 1 is 1.80 bits per heavy atom. The zero-order valence-electron chi connectivity index (χ0n) is 5.12. The maximum Gasteiger partial charge on any atom is 0.254 e. The molecule has 1 N–H and O–H groups in total. The fourth-order valence-electron chi connectivity index (χ4n) is 0.493. The summed E-state index contributed by atoms with van der Waals surface area (Å²) < 4.78 is 0. The van der Waals surface area contributed by atoms with Crippen LogP contribution in [-0.4, -0.2) is 21.7 Å². The standard InChI is InChI=1S/C5H6ClN3O/c6-4-5(10)8-9-3-1-2-7-9/h1-3H,4H2,(H,8,10). The summed E-state index contributed by atoms with van der Waals surface area (Å²) in [7, 11) is 0. The van der Waals surface area contributed by atoms with Crippen LogP contribution in [0.3, 0.4) is 0 Å². The number of rotatable bonds is 2. The molecule has 0 aliphatic heterocycles. The van der Waals surface area contributed by atoms with Crippen LogP contribution in [0.5, 0.6) is 0 Å². The summed E-state index contributed by atoms with van der Waals surface area (Å²) >= 11 is 5.22. The third-order valence-electron chi connectivity index (χ3n) is 0.865. The molecule has 0 bridgehead atoms. The van der Waals surface area contributed by atoms with Crippen LogP contribution < -0.4 is 5.43 Å². The smallest absolute Gasteiger partial charge is 0.254 e. The van der Waals surface area contributed by atoms with Crippen molar-refractivity contribution in [3.63, 3.8) is 0 Å². The molecular formula is C5H6ClN3O. The lowest BCUT2D eigenvalue weighted by molar-refractivity contribution is -0.114. The van der Waals surface area contributed by atoms with Gasteiger partial charge >= 0.3 is 0 Å². The number of carbonyl (C=O) groups excluding carboxylic acids is 1. The summed E-state index contributed by atoms with van der Waals surface area (Å²) in [5, 5.41) is 3.73. The summed E-state index contributed by atoms with van der Waals surface area (Å²) in [6.45, 7) is 0. The second-order valence-electron chi connectivity index (χ2n) is 1.62. The Bertz CT molecular complexity index is 209. The van der Waals surface area contributed by atoms with Gasteiger partial charge in [0.05, 0.1) is 6.20 Å². The van der Waals surface area contributed by atoms with E-state index in [0.29, 0.717) is 0 Å². The van der Waals surface area contributed by atoms with Crippen LogP contribution in [0, 0.1) is 0 Å². The number of hydrogen-bond acceptors (Lipinski definition) is 2. The van der Waals surface area contributed by atoms with Crippen molar-refractivity contribution in [3.05, 3.63) is 18.5 Å². The molecule has 0 aliphatic carbocycles. The first-order valence-electron chi connectivity index (χ1n) is 2.68. The van der Waals surface area contributed by atoms with E-state index in [-0.39, 0.29) is 11.8 Å². The van der Waals surface area contributed by atoms with E-state index in [9.17, 15) is 4.79 Å². The molecule has 0 unspecified atom stereocenters. The van der Waals surface area contributed by atoms with Crippen molar-refractivity contribution in [2.24, 2.45) is 0 Å². The van der Waals surface area contributed by atoms with Crippen LogP contribution in [0.1, 0.15) is 0 Å². The average Bonchev–Trinajstić information content (AvgIpc) is 2.40. The van der Waals surface area contributed by atoms with Crippen LogP contribution >= 0.6 is 11.6 Å². The Balaban J connectivity index is 2.48. The number of nitrogens with zero attached hydrogens (tertiary/aromatic N) is 2. The molecule has 1 heterocycles. The summed E-state index contributed by atoms with van der Waals surface area (Å²) in [5.41, 5.74) is 2.41. The number of aromatic nitrogens is 2. The molecule has 0 aliphatic rings. The van der Waals surface area contributed by atoms with Crippen LogP contribution in [0.25, 0.3) is 0 Å². The van der Waals surface area contributed by atoms with Crippen molar-refractivity contribution in [1.82, 2.24) is 9.89 Å². The van der Waals surface area contributed by atoms with Gasteiger partial charge in [-0.15, -0.1) is 11.6 Å². The molecule has 0 aromatic carbocycles. The number of nitrogens with one attached hydrogen (secondary N) is 1. The maximum absolute atomic E-state index is 10.6. The zero-order chi connectivity index (χ0) is 7.40. The number of amides is 1. The Morgan fingerprint density at radius 3 is 3.10 bits per heavy atom. The van der Waals surface area contributed by atoms with E-state index in [1.54, 1.807) is 18.5 Å². The van der Waals surface area contributed by atoms with E-state index in [0.717, 1.165) is 0 Å². The third kappa shape index (κ3) is 1.73. The highest BCUT2D eigenvalue weighted by atomic mass is 35.5. The van der Waals surface area contributed by atoms with E-state index in [2.05, 4.69) is 10.5 Å². The topological polar surface area (TPSA) is 46.9 Å². The molecule has 0 radical (unpaired) electrons. The predicted octanol–water partition coefficient (Wildman–Crippen LogP) is 0.192. The van der Waals surface area contributed by atoms with Gasteiger partial charge < -0.3 is 0 Å². The minimum Gasteiger partial charge on any atom is -0.272 e. The first-order valence-corrected chi connectivity index (χ1v) is 3.22. The van der Waals surface area contributed by atoms with Gasteiger partial charge in [0, 0.05) is 6.20 Å². The normalized spacial score (nSPS) is 9.30. The highest BCUT2D eigenvalue weighted by Gasteiger charge is 1.96. The second-order valence-corrected chi connectivity index (χ2v) is 1.89. The third-order valence-corrected chi connectivity index (χ3v) is 1.11. The molecule has 0 atom stereocenters. The van der Waals surface area contributed by atoms with E-state index >= 15 is 0 Å². The quantitative estimate of drug-likeness (QED) is 0.627. The molecule has 54 valence electrons. The lowest BCUT2D eigenvalue weighted by Gasteiger charge is -1.99. The molecule has 4 nitrogen and oxygen atoms in total. The average molecular weight is 160 g/mol. The van der Waals surface area contributed by atoms with E-state index in [4.69, 9.17) is 11.6 Å². The lowest BCUT2D eigenvalue weighted by Crippen LogP contribution is -2.23. The number of carbonyl (C=O) groups is 1. The van der Waals surface area contributed by atoms with E-state index in [1.807, 2.05) is 0 Å². The molecule has 10 heavy (non-hydrogen) atoms. The van der Waals surface area contributed by atoms with Crippen molar-refractivity contribution in [3.8, 4) is 0 Å². The van der Waals surface area contributed by atoms with Crippen molar-refractivity contribution in [1.29, 1.82) is 0 Å². The molecule has 1 aromatic heterocycles. The Morgan fingerprint density at radius 2 is 2.60 bits per heavy atom. The molecule has 0 spiro atoms. The zero-order valence-corrected chi connectivity index (χ0v) is 5.88. The number of alkyl halides is 1. The van der Waals surface area contributed by atoms with Gasteiger partial charge in [0.1, 0.15) is 5.88 Å². The number of halogens is 1. The monoisotopic (exact) mass is 159 g/mol. The fourth-order valence-corrected chi connectivity index (χ4v) is 0.552. The molecule has 0 fully saturated rings. The molecule has 0 saturated heterocycles. The van der Waals surface area contributed by atoms with Crippen LogP contribution in [0.4, 0.5) is 0 Å². The summed E-state index contributed by atoms with van der Waals surface area (Å²) in [6.07, 6.45) is 3.18. The highest BCUT2D eigenvalue weighted by Crippen LogP contribution is 1.80. The van der Waals surface area contributed by atoms with E-state index < -0.39 is 0 Å². The first-order chi connectivity index (χ1) is 4.83. The van der Waals surface area contributed by atoms with Crippen LogP contribution in [0.2, 0.25) is 0 Å². The fraction of sp³-hybridized carbons (Fsp3) is 0.200. The Hall–Kier alpha value is -1.03. The maximum atomic E-state index is 10.6. The molecule has 1 rings (SSSR count). The Kier molecular flexibility index (Phi) is 2.28. The first kappa shape index (κ1) is 7.08. The van der Waals surface area contributed by atoms with Gasteiger partial charge in [-0.25, -0.2) is 5.43 Å². The molecular weight excluding hydrogens is 154 g/mol. The van der Waals surface area contributed by atoms with Crippen molar-refractivity contribution >= 4 is 17.5 Å². The predicted molar refractivity (Wildman–Crippen MR) is 37.3 cm³/mol. The molecule has 1 aromatic rings. The summed E-state index contributed by atoms with van der Waals surface area (Å²) in [4.78, 5) is 11.9. The summed E-state index contributed by atoms with van der Waals surface area (Å²) in [6, 6.07) is 1.70. The lowest BCUT2D eigenvalue weighted by atomic mass is 10.7. The van der Waals surface area contributed by atoms with Gasteiger partial charge in [0.25, 0.3) is 5.91 Å². The van der Waals surface area contributed by atoms with Gasteiger partial charge in [-0.05, 0) is 6.07 Å². The van der Waals surface area contributed by atoms with Crippen LogP contribution in [0.15, 0.2) is 18.5 Å². The van der Waals surface area contributed by atoms with Gasteiger partial charge in [-0.3, -0.25) is 4.79 Å². The molecule has 5 heteroatoms. The minimum atomic E-state index is -0.273. The van der Waals surface area contributed by atoms with Crippen molar-refractivity contribution in [2.45, 2.75) is 0 Å².